The summed E-state index contributed by atoms with van der Waals surface area (Å²) in [5, 5.41) is 0. The summed E-state index contributed by atoms with van der Waals surface area (Å²) in [6.45, 7) is 3.79. The lowest BCUT2D eigenvalue weighted by molar-refractivity contribution is 0.0601. The molecule has 14 heavy (non-hydrogen) atoms. The molecule has 0 radical (unpaired) electrons. The van der Waals surface area contributed by atoms with E-state index in [1.54, 1.807) is 24.3 Å². The minimum Gasteiger partial charge on any atom is -0.465 e. The Morgan fingerprint density at radius 2 is 1.86 bits per heavy atom. The Morgan fingerprint density at radius 1 is 1.36 bits per heavy atom. The van der Waals surface area contributed by atoms with Crippen molar-refractivity contribution < 1.29 is 9.53 Å². The lowest BCUT2D eigenvalue weighted by Gasteiger charge is -2.03. The van der Waals surface area contributed by atoms with Gasteiger partial charge in [0.05, 0.1) is 12.7 Å². The van der Waals surface area contributed by atoms with Crippen LogP contribution in [0, 0.1) is 0 Å². The number of rotatable bonds is 3. The molecule has 0 atom stereocenters. The van der Waals surface area contributed by atoms with E-state index in [0.29, 0.717) is 11.4 Å². The molecule has 0 heterocycles. The fourth-order valence-corrected chi connectivity index (χ4v) is 1.19. The highest BCUT2D eigenvalue weighted by Gasteiger charge is 2.04. The van der Waals surface area contributed by atoms with Crippen molar-refractivity contribution in [3.8, 4) is 0 Å². The average molecular weight is 211 g/mol. The van der Waals surface area contributed by atoms with Crippen molar-refractivity contribution in [1.29, 1.82) is 0 Å². The van der Waals surface area contributed by atoms with Crippen molar-refractivity contribution in [2.24, 2.45) is 0 Å². The van der Waals surface area contributed by atoms with Gasteiger partial charge in [-0.05, 0) is 23.3 Å². The molecule has 0 aromatic heterocycles. The number of ether oxygens (including phenoxy) is 1. The number of allylic oxidation sites excluding steroid dienone is 1. The second kappa shape index (κ2) is 4.82. The van der Waals surface area contributed by atoms with Crippen LogP contribution in [0.25, 0.3) is 5.57 Å². The summed E-state index contributed by atoms with van der Waals surface area (Å²) in [7, 11) is 1.36. The van der Waals surface area contributed by atoms with Gasteiger partial charge in [-0.1, -0.05) is 18.7 Å². The number of hydrogen-bond donors (Lipinski definition) is 0. The van der Waals surface area contributed by atoms with E-state index in [2.05, 4.69) is 11.3 Å². The van der Waals surface area contributed by atoms with E-state index in [4.69, 9.17) is 11.6 Å². The number of methoxy groups -OCH3 is 1. The molecule has 1 aromatic carbocycles. The molecule has 3 heteroatoms. The van der Waals surface area contributed by atoms with Gasteiger partial charge in [0.25, 0.3) is 0 Å². The normalized spacial score (nSPS) is 9.57. The molecule has 0 fully saturated rings. The molecule has 0 N–H and O–H groups in total. The lowest BCUT2D eigenvalue weighted by Crippen LogP contribution is -2.00. The van der Waals surface area contributed by atoms with Crippen LogP contribution >= 0.6 is 11.6 Å². The number of carbonyl (C=O) groups excluding carboxylic acids is 1. The molecule has 0 saturated heterocycles. The third kappa shape index (κ3) is 2.36. The number of halogens is 1. The molecule has 1 rings (SSSR count). The Labute approximate surface area is 88.1 Å². The number of carbonyl (C=O) groups is 1. The van der Waals surface area contributed by atoms with Gasteiger partial charge < -0.3 is 4.74 Å². The summed E-state index contributed by atoms with van der Waals surface area (Å²) >= 11 is 5.62. The zero-order valence-electron chi connectivity index (χ0n) is 7.92. The third-order valence-corrected chi connectivity index (χ3v) is 2.20. The molecule has 0 saturated carbocycles. The van der Waals surface area contributed by atoms with Crippen LogP contribution in [0.15, 0.2) is 30.8 Å². The quantitative estimate of drug-likeness (QED) is 0.567. The SMILES string of the molecule is C=C(CCl)c1ccc(C(=O)OC)cc1. The zero-order chi connectivity index (χ0) is 10.6. The predicted octanol–water partition coefficient (Wildman–Crippen LogP) is 2.73. The average Bonchev–Trinajstić information content (AvgIpc) is 2.27. The van der Waals surface area contributed by atoms with Crippen molar-refractivity contribution in [1.82, 2.24) is 0 Å². The number of alkyl halides is 1. The fourth-order valence-electron chi connectivity index (χ4n) is 1.04. The Kier molecular flexibility index (Phi) is 3.72. The molecule has 0 bridgehead atoms. The first kappa shape index (κ1) is 10.8. The summed E-state index contributed by atoms with van der Waals surface area (Å²) in [5.74, 6) is 0.0467. The second-order valence-corrected chi connectivity index (χ2v) is 3.07. The van der Waals surface area contributed by atoms with Crippen LogP contribution in [0.2, 0.25) is 0 Å². The Bertz CT molecular complexity index is 306. The van der Waals surface area contributed by atoms with Crippen molar-refractivity contribution in [3.63, 3.8) is 0 Å². The van der Waals surface area contributed by atoms with Crippen LogP contribution in [0.5, 0.6) is 0 Å². The lowest BCUT2D eigenvalue weighted by atomic mass is 10.1. The highest BCUT2D eigenvalue weighted by Crippen LogP contribution is 2.14. The third-order valence-electron chi connectivity index (χ3n) is 1.88. The Morgan fingerprint density at radius 3 is 2.29 bits per heavy atom. The molecule has 0 spiro atoms. The molecule has 0 amide bonds. The number of esters is 1. The largest absolute Gasteiger partial charge is 0.465 e. The molecular formula is C11H11ClO2. The summed E-state index contributed by atoms with van der Waals surface area (Å²) < 4.78 is 4.58. The zero-order valence-corrected chi connectivity index (χ0v) is 8.67. The molecule has 0 aliphatic rings. The smallest absolute Gasteiger partial charge is 0.337 e. The van der Waals surface area contributed by atoms with E-state index in [-0.39, 0.29) is 5.97 Å². The first-order chi connectivity index (χ1) is 6.69. The van der Waals surface area contributed by atoms with Crippen LogP contribution in [0.1, 0.15) is 15.9 Å². The van der Waals surface area contributed by atoms with E-state index < -0.39 is 0 Å². The Balaban J connectivity index is 2.89. The van der Waals surface area contributed by atoms with Crippen molar-refractivity contribution in [2.45, 2.75) is 0 Å². The van der Waals surface area contributed by atoms with Crippen molar-refractivity contribution >= 4 is 23.1 Å². The van der Waals surface area contributed by atoms with Crippen LogP contribution in [-0.4, -0.2) is 19.0 Å². The van der Waals surface area contributed by atoms with E-state index >= 15 is 0 Å². The predicted molar refractivity (Wildman–Crippen MR) is 57.5 cm³/mol. The van der Waals surface area contributed by atoms with Crippen LogP contribution in [0.4, 0.5) is 0 Å². The molecule has 74 valence electrons. The van der Waals surface area contributed by atoms with Gasteiger partial charge in [-0.2, -0.15) is 0 Å². The van der Waals surface area contributed by atoms with Gasteiger partial charge in [0, 0.05) is 5.88 Å². The highest BCUT2D eigenvalue weighted by atomic mass is 35.5. The maximum absolute atomic E-state index is 11.1. The fraction of sp³-hybridized carbons (Fsp3) is 0.182. The molecular weight excluding hydrogens is 200 g/mol. The van der Waals surface area contributed by atoms with Gasteiger partial charge in [0.2, 0.25) is 0 Å². The molecule has 0 aliphatic carbocycles. The topological polar surface area (TPSA) is 26.3 Å². The van der Waals surface area contributed by atoms with Crippen LogP contribution < -0.4 is 0 Å². The van der Waals surface area contributed by atoms with Gasteiger partial charge >= 0.3 is 5.97 Å². The van der Waals surface area contributed by atoms with E-state index in [9.17, 15) is 4.79 Å². The van der Waals surface area contributed by atoms with Gasteiger partial charge in [-0.15, -0.1) is 11.6 Å². The summed E-state index contributed by atoms with van der Waals surface area (Å²) in [6, 6.07) is 6.99. The second-order valence-electron chi connectivity index (χ2n) is 2.81. The molecule has 2 nitrogen and oxygen atoms in total. The highest BCUT2D eigenvalue weighted by molar-refractivity contribution is 6.23. The molecule has 0 unspecified atom stereocenters. The monoisotopic (exact) mass is 210 g/mol. The summed E-state index contributed by atoms with van der Waals surface area (Å²) in [5.41, 5.74) is 2.30. The summed E-state index contributed by atoms with van der Waals surface area (Å²) in [4.78, 5) is 11.1. The van der Waals surface area contributed by atoms with Gasteiger partial charge in [-0.3, -0.25) is 0 Å². The first-order valence-corrected chi connectivity index (χ1v) is 4.65. The van der Waals surface area contributed by atoms with E-state index in [1.165, 1.54) is 7.11 Å². The molecule has 1 aromatic rings. The van der Waals surface area contributed by atoms with Crippen molar-refractivity contribution in [2.75, 3.05) is 13.0 Å². The summed E-state index contributed by atoms with van der Waals surface area (Å²) in [6.07, 6.45) is 0. The van der Waals surface area contributed by atoms with Crippen LogP contribution in [0.3, 0.4) is 0 Å². The minimum absolute atomic E-state index is 0.340. The number of hydrogen-bond acceptors (Lipinski definition) is 2. The molecule has 0 aliphatic heterocycles. The van der Waals surface area contributed by atoms with Gasteiger partial charge in [-0.25, -0.2) is 4.79 Å². The Hall–Kier alpha value is -1.28. The van der Waals surface area contributed by atoms with E-state index in [1.807, 2.05) is 0 Å². The van der Waals surface area contributed by atoms with Gasteiger partial charge in [0.1, 0.15) is 0 Å². The van der Waals surface area contributed by atoms with Crippen molar-refractivity contribution in [3.05, 3.63) is 42.0 Å². The van der Waals surface area contributed by atoms with Gasteiger partial charge in [0.15, 0.2) is 0 Å². The minimum atomic E-state index is -0.340. The van der Waals surface area contributed by atoms with E-state index in [0.717, 1.165) is 11.1 Å². The number of benzene rings is 1. The maximum atomic E-state index is 11.1. The first-order valence-electron chi connectivity index (χ1n) is 4.11. The maximum Gasteiger partial charge on any atom is 0.337 e. The van der Waals surface area contributed by atoms with Crippen LogP contribution in [-0.2, 0) is 4.74 Å². The standard InChI is InChI=1S/C11H11ClO2/c1-8(7-12)9-3-5-10(6-4-9)11(13)14-2/h3-6H,1,7H2,2H3.